The summed E-state index contributed by atoms with van der Waals surface area (Å²) in [5.41, 5.74) is 26.9. The number of hydrogen-bond donors (Lipinski definition) is 11. The zero-order chi connectivity index (χ0) is 31.5. The van der Waals surface area contributed by atoms with Crippen LogP contribution in [0.25, 0.3) is 0 Å². The molecular formula is C22H40N10O9. The zero-order valence-corrected chi connectivity index (χ0v) is 22.5. The normalized spacial score (nSPS) is 13.4. The van der Waals surface area contributed by atoms with Gasteiger partial charge in [-0.2, -0.15) is 0 Å². The summed E-state index contributed by atoms with van der Waals surface area (Å²) in [4.78, 5) is 79.6. The number of nitrogens with zero attached hydrogens (tertiary/aromatic N) is 2. The largest absolute Gasteiger partial charge is 0.481 e. The van der Waals surface area contributed by atoms with E-state index in [2.05, 4.69) is 25.9 Å². The predicted molar refractivity (Wildman–Crippen MR) is 145 cm³/mol. The number of carbonyl (C=O) groups excluding carboxylic acids is 3. The summed E-state index contributed by atoms with van der Waals surface area (Å²) in [6.07, 6.45) is -1.32. The minimum atomic E-state index is -1.57. The van der Waals surface area contributed by atoms with Crippen LogP contribution in [0.3, 0.4) is 0 Å². The van der Waals surface area contributed by atoms with Gasteiger partial charge in [-0.1, -0.05) is 0 Å². The van der Waals surface area contributed by atoms with Gasteiger partial charge in [0.2, 0.25) is 17.7 Å². The Hall–Kier alpha value is -4.68. The molecule has 0 aromatic heterocycles. The summed E-state index contributed by atoms with van der Waals surface area (Å²) < 4.78 is 0. The second-order valence-corrected chi connectivity index (χ2v) is 8.89. The molecule has 0 bridgehead atoms. The number of amides is 3. The van der Waals surface area contributed by atoms with E-state index in [4.69, 9.17) is 38.9 Å². The van der Waals surface area contributed by atoms with Crippen molar-refractivity contribution in [3.63, 3.8) is 0 Å². The van der Waals surface area contributed by atoms with Crippen LogP contribution >= 0.6 is 0 Å². The van der Waals surface area contributed by atoms with E-state index < -0.39 is 79.1 Å². The maximum absolute atomic E-state index is 13.1. The van der Waals surface area contributed by atoms with Gasteiger partial charge in [-0.15, -0.1) is 0 Å². The third-order valence-corrected chi connectivity index (χ3v) is 5.42. The number of carbonyl (C=O) groups is 6. The maximum Gasteiger partial charge on any atom is 0.326 e. The Kier molecular flexibility index (Phi) is 17.2. The van der Waals surface area contributed by atoms with Crippen molar-refractivity contribution in [1.82, 2.24) is 16.0 Å². The number of nitrogens with one attached hydrogen (secondary N) is 3. The van der Waals surface area contributed by atoms with Crippen molar-refractivity contribution in [3.05, 3.63) is 0 Å². The number of carboxylic acid groups (broad SMARTS) is 3. The fourth-order valence-corrected chi connectivity index (χ4v) is 3.31. The van der Waals surface area contributed by atoms with Gasteiger partial charge in [-0.3, -0.25) is 34.0 Å². The van der Waals surface area contributed by atoms with Gasteiger partial charge in [0.15, 0.2) is 11.9 Å². The molecule has 4 unspecified atom stereocenters. The van der Waals surface area contributed by atoms with Crippen LogP contribution in [0, 0.1) is 0 Å². The standard InChI is InChI=1S/C22H40N10O9/c23-11(3-1-9-28-21(24)25)17(37)30-13(5-7-15(33)34)19(39)31-12(4-2-10-29-22(26)27)18(38)32-14(20(40)41)6-8-16(35)36/h11-14H,1-10,23H2,(H,30,37)(H,31,39)(H,32,38)(H,33,34)(H,35,36)(H,40,41)(H4,24,25,28)(H4,26,27,29). The number of aliphatic carboxylic acids is 3. The molecule has 19 heteroatoms. The molecule has 0 heterocycles. The molecule has 0 aliphatic rings. The van der Waals surface area contributed by atoms with Crippen LogP contribution in [-0.4, -0.2) is 100 Å². The molecule has 0 aliphatic carbocycles. The molecule has 0 saturated heterocycles. The number of carboxylic acids is 3. The second-order valence-electron chi connectivity index (χ2n) is 8.89. The van der Waals surface area contributed by atoms with Crippen molar-refractivity contribution in [3.8, 4) is 0 Å². The number of aliphatic imine (C=N–C) groups is 2. The SMILES string of the molecule is NC(N)=NCCCC(N)C(=O)NC(CCC(=O)O)C(=O)NC(CCCN=C(N)N)C(=O)NC(CCC(=O)O)C(=O)O. The second kappa shape index (κ2) is 19.4. The van der Waals surface area contributed by atoms with Crippen LogP contribution in [0.1, 0.15) is 51.4 Å². The molecular weight excluding hydrogens is 548 g/mol. The van der Waals surface area contributed by atoms with E-state index in [1.807, 2.05) is 0 Å². The molecule has 19 nitrogen and oxygen atoms in total. The van der Waals surface area contributed by atoms with E-state index in [1.165, 1.54) is 0 Å². The van der Waals surface area contributed by atoms with Gasteiger partial charge in [-0.05, 0) is 38.5 Å². The van der Waals surface area contributed by atoms with E-state index in [0.717, 1.165) is 0 Å². The first kappa shape index (κ1) is 36.3. The number of nitrogens with two attached hydrogens (primary N) is 5. The molecule has 0 radical (unpaired) electrons. The van der Waals surface area contributed by atoms with Gasteiger partial charge < -0.3 is 59.9 Å². The summed E-state index contributed by atoms with van der Waals surface area (Å²) in [5, 5.41) is 34.2. The summed E-state index contributed by atoms with van der Waals surface area (Å²) >= 11 is 0. The Morgan fingerprint density at radius 2 is 0.976 bits per heavy atom. The van der Waals surface area contributed by atoms with Crippen molar-refractivity contribution in [2.45, 2.75) is 75.5 Å². The topological polar surface area (TPSA) is 354 Å². The number of guanidine groups is 2. The fourth-order valence-electron chi connectivity index (χ4n) is 3.31. The molecule has 0 rings (SSSR count). The summed E-state index contributed by atoms with van der Waals surface area (Å²) in [6.45, 7) is 0.254. The van der Waals surface area contributed by atoms with Crippen molar-refractivity contribution in [2.75, 3.05) is 13.1 Å². The third kappa shape index (κ3) is 17.5. The molecule has 0 aromatic rings. The van der Waals surface area contributed by atoms with E-state index in [1.54, 1.807) is 0 Å². The van der Waals surface area contributed by atoms with Gasteiger partial charge >= 0.3 is 17.9 Å². The molecule has 0 fully saturated rings. The van der Waals surface area contributed by atoms with Crippen molar-refractivity contribution < 1.29 is 44.1 Å². The molecule has 0 aromatic carbocycles. The van der Waals surface area contributed by atoms with E-state index in [-0.39, 0.29) is 50.7 Å². The summed E-state index contributed by atoms with van der Waals surface area (Å²) in [5.74, 6) is -7.05. The Balaban J connectivity index is 5.68. The van der Waals surface area contributed by atoms with Crippen molar-refractivity contribution in [2.24, 2.45) is 38.7 Å². The number of rotatable bonds is 21. The molecule has 16 N–H and O–H groups in total. The summed E-state index contributed by atoms with van der Waals surface area (Å²) in [7, 11) is 0. The highest BCUT2D eigenvalue weighted by molar-refractivity contribution is 5.94. The molecule has 3 amide bonds. The van der Waals surface area contributed by atoms with Crippen LogP contribution in [0.5, 0.6) is 0 Å². The van der Waals surface area contributed by atoms with Crippen molar-refractivity contribution in [1.29, 1.82) is 0 Å². The fraction of sp³-hybridized carbons (Fsp3) is 0.636. The lowest BCUT2D eigenvalue weighted by Gasteiger charge is -2.25. The van der Waals surface area contributed by atoms with Gasteiger partial charge in [0.1, 0.15) is 18.1 Å². The Morgan fingerprint density at radius 3 is 1.41 bits per heavy atom. The van der Waals surface area contributed by atoms with Crippen LogP contribution in [0.4, 0.5) is 0 Å². The quantitative estimate of drug-likeness (QED) is 0.0343. The minimum Gasteiger partial charge on any atom is -0.481 e. The van der Waals surface area contributed by atoms with Crippen LogP contribution < -0.4 is 44.6 Å². The first-order valence-corrected chi connectivity index (χ1v) is 12.6. The smallest absolute Gasteiger partial charge is 0.326 e. The molecule has 0 spiro atoms. The zero-order valence-electron chi connectivity index (χ0n) is 22.5. The van der Waals surface area contributed by atoms with Crippen LogP contribution in [0.2, 0.25) is 0 Å². The Morgan fingerprint density at radius 1 is 0.585 bits per heavy atom. The maximum atomic E-state index is 13.1. The highest BCUT2D eigenvalue weighted by Gasteiger charge is 2.30. The first-order valence-electron chi connectivity index (χ1n) is 12.6. The lowest BCUT2D eigenvalue weighted by atomic mass is 10.1. The van der Waals surface area contributed by atoms with Gasteiger partial charge in [0, 0.05) is 25.9 Å². The average Bonchev–Trinajstić information content (AvgIpc) is 2.87. The average molecular weight is 589 g/mol. The van der Waals surface area contributed by atoms with E-state index in [9.17, 15) is 33.9 Å². The lowest BCUT2D eigenvalue weighted by Crippen LogP contribution is -2.57. The molecule has 4 atom stereocenters. The minimum absolute atomic E-state index is 0.0528. The van der Waals surface area contributed by atoms with Gasteiger partial charge in [0.05, 0.1) is 6.04 Å². The Labute approximate surface area is 235 Å². The molecule has 0 aliphatic heterocycles. The number of hydrogen-bond acceptors (Lipinski definition) is 9. The van der Waals surface area contributed by atoms with E-state index in [0.29, 0.717) is 6.42 Å². The van der Waals surface area contributed by atoms with Gasteiger partial charge in [0.25, 0.3) is 0 Å². The highest BCUT2D eigenvalue weighted by Crippen LogP contribution is 2.06. The molecule has 232 valence electrons. The third-order valence-electron chi connectivity index (χ3n) is 5.42. The highest BCUT2D eigenvalue weighted by atomic mass is 16.4. The Bertz CT molecular complexity index is 981. The molecule has 0 saturated carbocycles. The summed E-state index contributed by atoms with van der Waals surface area (Å²) in [6, 6.07) is -5.46. The monoisotopic (exact) mass is 588 g/mol. The van der Waals surface area contributed by atoms with Crippen LogP contribution in [0.15, 0.2) is 9.98 Å². The first-order chi connectivity index (χ1) is 19.1. The van der Waals surface area contributed by atoms with Crippen molar-refractivity contribution >= 4 is 47.5 Å². The van der Waals surface area contributed by atoms with Gasteiger partial charge in [-0.25, -0.2) is 4.79 Å². The molecule has 41 heavy (non-hydrogen) atoms. The van der Waals surface area contributed by atoms with E-state index >= 15 is 0 Å². The predicted octanol–water partition coefficient (Wildman–Crippen LogP) is -4.31. The van der Waals surface area contributed by atoms with Crippen LogP contribution in [-0.2, 0) is 28.8 Å². The lowest BCUT2D eigenvalue weighted by molar-refractivity contribution is -0.143.